The Hall–Kier alpha value is -4.26. The molecular formula is C30H31NO6. The van der Waals surface area contributed by atoms with Gasteiger partial charge in [-0.3, -0.25) is 4.79 Å². The first-order valence-corrected chi connectivity index (χ1v) is 12.2. The summed E-state index contributed by atoms with van der Waals surface area (Å²) in [6.07, 6.45) is 3.64. The van der Waals surface area contributed by atoms with E-state index in [2.05, 4.69) is 0 Å². The summed E-state index contributed by atoms with van der Waals surface area (Å²) in [6.45, 7) is 1.10. The first kappa shape index (κ1) is 25.8. The van der Waals surface area contributed by atoms with E-state index in [4.69, 9.17) is 18.9 Å². The Labute approximate surface area is 217 Å². The summed E-state index contributed by atoms with van der Waals surface area (Å²) in [6, 6.07) is 21.1. The van der Waals surface area contributed by atoms with Crippen molar-refractivity contribution in [2.24, 2.45) is 0 Å². The van der Waals surface area contributed by atoms with Crippen LogP contribution in [-0.4, -0.2) is 57.8 Å². The number of carbonyl (C=O) groups excluding carboxylic acids is 2. The molecular weight excluding hydrogens is 470 g/mol. The van der Waals surface area contributed by atoms with E-state index >= 15 is 0 Å². The Morgan fingerprint density at radius 1 is 0.811 bits per heavy atom. The molecule has 0 aromatic heterocycles. The number of amides is 1. The molecule has 0 aliphatic carbocycles. The van der Waals surface area contributed by atoms with Gasteiger partial charge in [0.2, 0.25) is 5.75 Å². The van der Waals surface area contributed by atoms with E-state index in [9.17, 15) is 9.59 Å². The summed E-state index contributed by atoms with van der Waals surface area (Å²) in [5.74, 6) is 0.606. The van der Waals surface area contributed by atoms with Crippen molar-refractivity contribution in [1.82, 2.24) is 4.90 Å². The monoisotopic (exact) mass is 501 g/mol. The largest absolute Gasteiger partial charge is 0.493 e. The highest BCUT2D eigenvalue weighted by Crippen LogP contribution is 2.39. The molecule has 1 heterocycles. The van der Waals surface area contributed by atoms with Crippen molar-refractivity contribution in [3.8, 4) is 28.4 Å². The number of nitrogens with zero attached hydrogens (tertiary/aromatic N) is 1. The molecule has 1 aliphatic rings. The van der Waals surface area contributed by atoms with Crippen LogP contribution in [0.1, 0.15) is 24.0 Å². The molecule has 192 valence electrons. The van der Waals surface area contributed by atoms with Gasteiger partial charge in [-0.2, -0.15) is 0 Å². The predicted molar refractivity (Wildman–Crippen MR) is 143 cm³/mol. The number of hydrogen-bond acceptors (Lipinski definition) is 6. The van der Waals surface area contributed by atoms with Gasteiger partial charge in [0.25, 0.3) is 5.91 Å². The van der Waals surface area contributed by atoms with Crippen LogP contribution in [0.2, 0.25) is 0 Å². The highest BCUT2D eigenvalue weighted by Gasteiger charge is 2.22. The fourth-order valence-corrected chi connectivity index (χ4v) is 4.35. The fraction of sp³-hybridized carbons (Fsp3) is 0.267. The third-order valence-electron chi connectivity index (χ3n) is 6.31. The molecule has 0 spiro atoms. The fourth-order valence-electron chi connectivity index (χ4n) is 4.35. The van der Waals surface area contributed by atoms with Crippen molar-refractivity contribution >= 4 is 23.5 Å². The van der Waals surface area contributed by atoms with E-state index in [0.717, 1.165) is 24.0 Å². The number of likely N-dealkylation sites (tertiary alicyclic amines) is 1. The van der Waals surface area contributed by atoms with Crippen LogP contribution < -0.4 is 14.2 Å². The van der Waals surface area contributed by atoms with Gasteiger partial charge < -0.3 is 23.8 Å². The molecule has 7 nitrogen and oxygen atoms in total. The molecule has 1 amide bonds. The Bertz CT molecular complexity index is 1240. The Balaban J connectivity index is 1.68. The molecule has 1 fully saturated rings. The van der Waals surface area contributed by atoms with E-state index < -0.39 is 5.97 Å². The Kier molecular flexibility index (Phi) is 8.46. The molecule has 0 unspecified atom stereocenters. The van der Waals surface area contributed by atoms with Crippen molar-refractivity contribution in [3.05, 3.63) is 77.9 Å². The maximum atomic E-state index is 13.3. The number of esters is 1. The second-order valence-electron chi connectivity index (χ2n) is 8.62. The summed E-state index contributed by atoms with van der Waals surface area (Å²) in [4.78, 5) is 27.5. The first-order valence-electron chi connectivity index (χ1n) is 12.2. The lowest BCUT2D eigenvalue weighted by Crippen LogP contribution is -2.32. The van der Waals surface area contributed by atoms with Gasteiger partial charge in [0.15, 0.2) is 18.1 Å². The quantitative estimate of drug-likeness (QED) is 0.231. The minimum Gasteiger partial charge on any atom is -0.493 e. The van der Waals surface area contributed by atoms with Crippen LogP contribution in [0.3, 0.4) is 0 Å². The third kappa shape index (κ3) is 6.12. The van der Waals surface area contributed by atoms with Crippen molar-refractivity contribution in [1.29, 1.82) is 0 Å². The molecule has 0 atom stereocenters. The molecule has 3 aromatic rings. The van der Waals surface area contributed by atoms with Crippen LogP contribution in [0.4, 0.5) is 0 Å². The van der Waals surface area contributed by atoms with Gasteiger partial charge in [0.05, 0.1) is 26.9 Å². The van der Waals surface area contributed by atoms with Gasteiger partial charge in [-0.15, -0.1) is 0 Å². The van der Waals surface area contributed by atoms with Gasteiger partial charge in [-0.1, -0.05) is 54.6 Å². The van der Waals surface area contributed by atoms with Crippen LogP contribution in [0.5, 0.6) is 17.2 Å². The van der Waals surface area contributed by atoms with Crippen molar-refractivity contribution < 1.29 is 28.5 Å². The third-order valence-corrected chi connectivity index (χ3v) is 6.31. The number of methoxy groups -OCH3 is 3. The average molecular weight is 502 g/mol. The van der Waals surface area contributed by atoms with Crippen LogP contribution in [0.25, 0.3) is 22.8 Å². The van der Waals surface area contributed by atoms with E-state index in [1.165, 1.54) is 21.3 Å². The lowest BCUT2D eigenvalue weighted by molar-refractivity contribution is -0.146. The molecule has 1 aliphatic heterocycles. The molecule has 0 radical (unpaired) electrons. The van der Waals surface area contributed by atoms with Gasteiger partial charge in [0.1, 0.15) is 0 Å². The average Bonchev–Trinajstić information content (AvgIpc) is 3.50. The molecule has 0 bridgehead atoms. The summed E-state index contributed by atoms with van der Waals surface area (Å²) >= 11 is 0. The van der Waals surface area contributed by atoms with Crippen LogP contribution in [0.15, 0.2) is 66.7 Å². The molecule has 0 saturated carbocycles. The molecule has 4 rings (SSSR count). The van der Waals surface area contributed by atoms with Gasteiger partial charge >= 0.3 is 5.97 Å². The molecule has 7 heteroatoms. The lowest BCUT2D eigenvalue weighted by Gasteiger charge is -2.16. The molecule has 3 aromatic carbocycles. The second kappa shape index (κ2) is 12.1. The van der Waals surface area contributed by atoms with Crippen molar-refractivity contribution in [2.45, 2.75) is 12.8 Å². The highest BCUT2D eigenvalue weighted by molar-refractivity contribution is 6.22. The Morgan fingerprint density at radius 2 is 1.41 bits per heavy atom. The highest BCUT2D eigenvalue weighted by atomic mass is 16.5. The van der Waals surface area contributed by atoms with Crippen molar-refractivity contribution in [3.63, 3.8) is 0 Å². The van der Waals surface area contributed by atoms with Gasteiger partial charge in [-0.25, -0.2) is 4.79 Å². The molecule has 1 saturated heterocycles. The summed E-state index contributed by atoms with van der Waals surface area (Å²) in [5.41, 5.74) is 3.71. The normalized spacial score (nSPS) is 13.3. The van der Waals surface area contributed by atoms with Crippen molar-refractivity contribution in [2.75, 3.05) is 41.0 Å². The maximum absolute atomic E-state index is 13.3. The zero-order chi connectivity index (χ0) is 26.2. The van der Waals surface area contributed by atoms with E-state index in [1.54, 1.807) is 23.1 Å². The van der Waals surface area contributed by atoms with Gasteiger partial charge in [0, 0.05) is 13.1 Å². The summed E-state index contributed by atoms with van der Waals surface area (Å²) < 4.78 is 21.8. The number of rotatable bonds is 9. The number of ether oxygens (including phenoxy) is 4. The predicted octanol–water partition coefficient (Wildman–Crippen LogP) is 5.09. The minimum atomic E-state index is -0.589. The zero-order valence-corrected chi connectivity index (χ0v) is 21.4. The van der Waals surface area contributed by atoms with Crippen LogP contribution in [0, 0.1) is 0 Å². The standard InChI is InChI=1S/C30H31NO6/c1-34-26-18-21(19-27(35-2)29(26)36-3)17-25(30(33)37-20-28(32)31-15-7-8-16-31)24-13-11-23(12-14-24)22-9-5-4-6-10-22/h4-6,9-14,17-19H,7-8,15-16,20H2,1-3H3/b25-17+. The minimum absolute atomic E-state index is 0.183. The zero-order valence-electron chi connectivity index (χ0n) is 21.4. The van der Waals surface area contributed by atoms with Crippen LogP contribution >= 0.6 is 0 Å². The lowest BCUT2D eigenvalue weighted by atomic mass is 9.98. The van der Waals surface area contributed by atoms with E-state index in [1.807, 2.05) is 54.6 Å². The number of benzene rings is 3. The second-order valence-corrected chi connectivity index (χ2v) is 8.62. The van der Waals surface area contributed by atoms with Gasteiger partial charge in [-0.05, 0) is 53.3 Å². The first-order chi connectivity index (χ1) is 18.0. The van der Waals surface area contributed by atoms with E-state index in [0.29, 0.717) is 47.0 Å². The summed E-state index contributed by atoms with van der Waals surface area (Å²) in [5, 5.41) is 0. The Morgan fingerprint density at radius 3 is 1.97 bits per heavy atom. The topological polar surface area (TPSA) is 74.3 Å². The smallest absolute Gasteiger partial charge is 0.339 e. The molecule has 37 heavy (non-hydrogen) atoms. The molecule has 0 N–H and O–H groups in total. The maximum Gasteiger partial charge on any atom is 0.339 e. The number of hydrogen-bond donors (Lipinski definition) is 0. The van der Waals surface area contributed by atoms with Crippen LogP contribution in [-0.2, 0) is 14.3 Å². The SMILES string of the molecule is COc1cc(/C=C(/C(=O)OCC(=O)N2CCCC2)c2ccc(-c3ccccc3)cc2)cc(OC)c1OC. The number of carbonyl (C=O) groups is 2. The summed E-state index contributed by atoms with van der Waals surface area (Å²) in [7, 11) is 4.60. The van der Waals surface area contributed by atoms with E-state index in [-0.39, 0.29) is 12.5 Å².